The lowest BCUT2D eigenvalue weighted by Gasteiger charge is -2.29. The fraction of sp³-hybridized carbons (Fsp3) is 0.444. The molecule has 7 amide bonds. The molecule has 2 aromatic rings. The number of carboxylic acids is 2. The number of para-hydroxylation sites is 1. The molecule has 0 aliphatic rings. The topological polar surface area (TPSA) is 275 Å². The maximum atomic E-state index is 13.6. The summed E-state index contributed by atoms with van der Waals surface area (Å²) in [6.45, 7) is 7.96. The van der Waals surface area contributed by atoms with Crippen molar-refractivity contribution in [2.75, 3.05) is 10.6 Å². The summed E-state index contributed by atoms with van der Waals surface area (Å²) in [5, 5.41) is 33.8. The number of carbonyl (C=O) groups excluding carboxylic acids is 6. The molecule has 53 heavy (non-hydrogen) atoms. The number of carboxylic acid groups (broad SMARTS) is 2. The number of hydrogen-bond acceptors (Lipinski definition) is 8. The van der Waals surface area contributed by atoms with Gasteiger partial charge in [-0.25, -0.2) is 4.79 Å². The molecule has 0 heterocycles. The van der Waals surface area contributed by atoms with Crippen molar-refractivity contribution in [3.05, 3.63) is 59.7 Å². The molecule has 17 heteroatoms. The molecule has 288 valence electrons. The van der Waals surface area contributed by atoms with Crippen molar-refractivity contribution in [3.8, 4) is 0 Å². The van der Waals surface area contributed by atoms with Crippen LogP contribution >= 0.6 is 0 Å². The second kappa shape index (κ2) is 20.1. The van der Waals surface area contributed by atoms with E-state index in [-0.39, 0.29) is 6.42 Å². The van der Waals surface area contributed by atoms with E-state index in [2.05, 4.69) is 31.9 Å². The largest absolute Gasteiger partial charge is 0.481 e. The number of nitrogens with one attached hydrogen (secondary N) is 6. The highest BCUT2D eigenvalue weighted by molar-refractivity contribution is 6.00. The van der Waals surface area contributed by atoms with E-state index in [1.54, 1.807) is 50.2 Å². The van der Waals surface area contributed by atoms with Crippen molar-refractivity contribution in [2.45, 2.75) is 96.8 Å². The summed E-state index contributed by atoms with van der Waals surface area (Å²) in [7, 11) is 0. The van der Waals surface area contributed by atoms with Gasteiger partial charge in [0.2, 0.25) is 29.5 Å². The first-order valence-electron chi connectivity index (χ1n) is 17.0. The third-order valence-corrected chi connectivity index (χ3v) is 8.39. The zero-order valence-corrected chi connectivity index (χ0v) is 30.4. The van der Waals surface area contributed by atoms with Crippen LogP contribution in [-0.4, -0.2) is 81.4 Å². The van der Waals surface area contributed by atoms with Crippen molar-refractivity contribution < 1.29 is 48.6 Å². The van der Waals surface area contributed by atoms with Crippen LogP contribution in [0.15, 0.2) is 48.5 Å². The fourth-order valence-corrected chi connectivity index (χ4v) is 4.88. The Kier molecular flexibility index (Phi) is 16.4. The number of aliphatic carboxylic acids is 2. The van der Waals surface area contributed by atoms with Gasteiger partial charge in [0.1, 0.15) is 23.7 Å². The van der Waals surface area contributed by atoms with Crippen molar-refractivity contribution in [1.29, 1.82) is 0 Å². The fourth-order valence-electron chi connectivity index (χ4n) is 4.88. The highest BCUT2D eigenvalue weighted by Gasteiger charge is 2.34. The Labute approximate surface area is 307 Å². The molecular weight excluding hydrogens is 690 g/mol. The third kappa shape index (κ3) is 14.6. The van der Waals surface area contributed by atoms with Gasteiger partial charge in [-0.2, -0.15) is 0 Å². The molecule has 0 radical (unpaired) electrons. The summed E-state index contributed by atoms with van der Waals surface area (Å²) in [6.07, 6.45) is -1.62. The van der Waals surface area contributed by atoms with Gasteiger partial charge in [-0.15, -0.1) is 0 Å². The molecule has 2 rings (SSSR count). The first-order chi connectivity index (χ1) is 24.8. The van der Waals surface area contributed by atoms with E-state index in [0.717, 1.165) is 5.56 Å². The minimum atomic E-state index is -1.56. The molecule has 0 aromatic heterocycles. The Hall–Kier alpha value is -6.00. The molecule has 4 atom stereocenters. The number of hydrogen-bond donors (Lipinski definition) is 9. The van der Waals surface area contributed by atoms with Crippen LogP contribution in [0.4, 0.5) is 16.2 Å². The minimum absolute atomic E-state index is 0.138. The molecule has 0 fully saturated rings. The van der Waals surface area contributed by atoms with Gasteiger partial charge >= 0.3 is 18.0 Å². The molecule has 2 aromatic carbocycles. The van der Waals surface area contributed by atoms with Gasteiger partial charge in [0.05, 0.1) is 6.42 Å². The summed E-state index contributed by atoms with van der Waals surface area (Å²) < 4.78 is 0. The van der Waals surface area contributed by atoms with Crippen molar-refractivity contribution >= 4 is 58.9 Å². The number of aryl methyl sites for hydroxylation is 1. The number of amides is 7. The molecule has 0 saturated carbocycles. The van der Waals surface area contributed by atoms with E-state index in [1.165, 1.54) is 13.8 Å². The van der Waals surface area contributed by atoms with Gasteiger partial charge in [-0.05, 0) is 68.9 Å². The monoisotopic (exact) mass is 739 g/mol. The lowest BCUT2D eigenvalue weighted by atomic mass is 9.97. The van der Waals surface area contributed by atoms with Gasteiger partial charge in [-0.1, -0.05) is 50.6 Å². The highest BCUT2D eigenvalue weighted by Crippen LogP contribution is 2.16. The Bertz CT molecular complexity index is 1660. The van der Waals surface area contributed by atoms with Crippen LogP contribution in [0.1, 0.15) is 70.9 Å². The zero-order valence-electron chi connectivity index (χ0n) is 30.4. The number of anilines is 2. The van der Waals surface area contributed by atoms with Gasteiger partial charge in [-0.3, -0.25) is 33.6 Å². The lowest BCUT2D eigenvalue weighted by molar-refractivity contribution is -0.140. The Morgan fingerprint density at radius 2 is 1.30 bits per heavy atom. The maximum absolute atomic E-state index is 13.6. The van der Waals surface area contributed by atoms with Crippen LogP contribution in [0.5, 0.6) is 0 Å². The number of urea groups is 1. The highest BCUT2D eigenvalue weighted by atomic mass is 16.4. The van der Waals surface area contributed by atoms with Crippen LogP contribution in [-0.2, 0) is 40.0 Å². The Morgan fingerprint density at radius 3 is 1.83 bits per heavy atom. The third-order valence-electron chi connectivity index (χ3n) is 8.39. The summed E-state index contributed by atoms with van der Waals surface area (Å²) >= 11 is 0. The van der Waals surface area contributed by atoms with Crippen LogP contribution < -0.4 is 37.6 Å². The Balaban J connectivity index is 2.16. The van der Waals surface area contributed by atoms with Gasteiger partial charge in [0.25, 0.3) is 0 Å². The molecule has 1 unspecified atom stereocenters. The normalized spacial score (nSPS) is 13.2. The molecule has 17 nitrogen and oxygen atoms in total. The number of benzene rings is 2. The predicted molar refractivity (Wildman–Crippen MR) is 194 cm³/mol. The molecule has 0 aliphatic heterocycles. The molecule has 0 aliphatic carbocycles. The molecular formula is C36H49N7O10. The molecule has 0 spiro atoms. The quantitative estimate of drug-likeness (QED) is 0.0950. The summed E-state index contributed by atoms with van der Waals surface area (Å²) in [5.74, 6) is -7.12. The smallest absolute Gasteiger partial charge is 0.323 e. The van der Waals surface area contributed by atoms with E-state index in [9.17, 15) is 48.6 Å². The van der Waals surface area contributed by atoms with E-state index in [4.69, 9.17) is 5.73 Å². The van der Waals surface area contributed by atoms with Crippen molar-refractivity contribution in [3.63, 3.8) is 0 Å². The van der Waals surface area contributed by atoms with Gasteiger partial charge in [0.15, 0.2) is 0 Å². The number of carbonyl (C=O) groups is 8. The van der Waals surface area contributed by atoms with Crippen molar-refractivity contribution in [2.24, 2.45) is 11.7 Å². The second-order valence-corrected chi connectivity index (χ2v) is 13.2. The number of nitrogens with two attached hydrogens (primary N) is 1. The average Bonchev–Trinajstić information content (AvgIpc) is 3.08. The van der Waals surface area contributed by atoms with Crippen LogP contribution in [0.2, 0.25) is 0 Å². The van der Waals surface area contributed by atoms with E-state index in [1.807, 2.05) is 19.1 Å². The SMILES string of the molecule is CCC(C)[C@H](NC(=O)Cc1ccc(NC(=O)Nc2ccccc2C)cc1)C(=O)N[C@@H](CCC(=O)O)C(=O)N[C@@H](CCC(=O)O)C(=O)NC(C)(C)C(N)=O. The second-order valence-electron chi connectivity index (χ2n) is 13.2. The van der Waals surface area contributed by atoms with E-state index >= 15 is 0 Å². The van der Waals surface area contributed by atoms with E-state index < -0.39 is 103 Å². The summed E-state index contributed by atoms with van der Waals surface area (Å²) in [5.41, 5.74) is 6.35. The predicted octanol–water partition coefficient (Wildman–Crippen LogP) is 1.79. The number of primary amides is 1. The first kappa shape index (κ1) is 43.2. The first-order valence-corrected chi connectivity index (χ1v) is 17.0. The van der Waals surface area contributed by atoms with Gasteiger partial charge in [0, 0.05) is 24.2 Å². The zero-order chi connectivity index (χ0) is 39.9. The van der Waals surface area contributed by atoms with Crippen LogP contribution in [0.25, 0.3) is 0 Å². The van der Waals surface area contributed by atoms with Crippen LogP contribution in [0, 0.1) is 12.8 Å². The number of rotatable bonds is 20. The van der Waals surface area contributed by atoms with Crippen LogP contribution in [0.3, 0.4) is 0 Å². The summed E-state index contributed by atoms with van der Waals surface area (Å²) in [4.78, 5) is 100. The average molecular weight is 740 g/mol. The molecule has 0 bridgehead atoms. The maximum Gasteiger partial charge on any atom is 0.323 e. The lowest BCUT2D eigenvalue weighted by Crippen LogP contribution is -2.60. The van der Waals surface area contributed by atoms with Crippen molar-refractivity contribution in [1.82, 2.24) is 21.3 Å². The molecule has 0 saturated heterocycles. The summed E-state index contributed by atoms with van der Waals surface area (Å²) in [6, 6.07) is 9.19. The standard InChI is InChI=1S/C36H49N7O10/c1-6-20(2)30(42-27(44)19-22-11-13-23(14-12-22)38-35(53)41-24-10-8-7-9-21(24)3)33(51)40-25(15-17-28(45)46)31(49)39-26(16-18-29(47)48)32(50)43-36(4,5)34(37)52/h7-14,20,25-26,30H,6,15-19H2,1-5H3,(H2,37,52)(H,39,49)(H,40,51)(H,42,44)(H,43,50)(H,45,46)(H,47,48)(H2,38,41,53)/t20?,25-,26-,30-/m0/s1. The Morgan fingerprint density at radius 1 is 0.755 bits per heavy atom. The van der Waals surface area contributed by atoms with E-state index in [0.29, 0.717) is 23.4 Å². The molecule has 10 N–H and O–H groups in total. The van der Waals surface area contributed by atoms with Gasteiger partial charge < -0.3 is 47.8 Å². The minimum Gasteiger partial charge on any atom is -0.481 e.